The van der Waals surface area contributed by atoms with E-state index >= 15 is 0 Å². The van der Waals surface area contributed by atoms with Crippen molar-refractivity contribution in [2.24, 2.45) is 0 Å². The van der Waals surface area contributed by atoms with Crippen molar-refractivity contribution in [1.29, 1.82) is 0 Å². The first kappa shape index (κ1) is 60.3. The van der Waals surface area contributed by atoms with Gasteiger partial charge in [-0.1, -0.05) is 178 Å². The smallest absolute Gasteiger partial charge is 0.457 e. The Morgan fingerprint density at radius 1 is 0.516 bits per heavy atom. The van der Waals surface area contributed by atoms with Crippen LogP contribution in [0.1, 0.15) is 206 Å². The number of rotatable bonds is 43. The summed E-state index contributed by atoms with van der Waals surface area (Å²) in [4.78, 5) is 23.2. The number of ether oxygens (including phenoxy) is 2. The van der Waals surface area contributed by atoms with E-state index in [4.69, 9.17) is 18.5 Å². The molecule has 0 saturated heterocycles. The topological polar surface area (TPSA) is 192 Å². The Bertz CT molecular complexity index is 1240. The molecule has 0 heterocycles. The van der Waals surface area contributed by atoms with E-state index in [-0.39, 0.29) is 13.0 Å². The highest BCUT2D eigenvalue weighted by Gasteiger charge is 2.51. The van der Waals surface area contributed by atoms with E-state index in [1.807, 2.05) is 0 Å². The molecule has 0 aromatic rings. The van der Waals surface area contributed by atoms with Crippen LogP contribution in [0.4, 0.5) is 0 Å². The van der Waals surface area contributed by atoms with E-state index in [9.17, 15) is 39.8 Å². The number of carbonyl (C=O) groups excluding carboxylic acids is 1. The summed E-state index contributed by atoms with van der Waals surface area (Å²) in [5, 5.41) is 50.3. The van der Waals surface area contributed by atoms with Gasteiger partial charge in [0.2, 0.25) is 0 Å². The van der Waals surface area contributed by atoms with Crippen LogP contribution in [-0.4, -0.2) is 98.9 Å². The third-order valence-electron chi connectivity index (χ3n) is 11.7. The van der Waals surface area contributed by atoms with Gasteiger partial charge in [-0.15, -0.1) is 0 Å². The van der Waals surface area contributed by atoms with Gasteiger partial charge in [-0.2, -0.15) is 0 Å². The summed E-state index contributed by atoms with van der Waals surface area (Å²) in [6.07, 6.45) is 39.0. The van der Waals surface area contributed by atoms with Gasteiger partial charge in [-0.25, -0.2) is 4.57 Å². The lowest BCUT2D eigenvalue weighted by Gasteiger charge is -2.41. The molecule has 0 aromatic carbocycles. The first-order valence-corrected chi connectivity index (χ1v) is 27.0. The van der Waals surface area contributed by atoms with Crippen molar-refractivity contribution in [1.82, 2.24) is 0 Å². The fourth-order valence-corrected chi connectivity index (χ4v) is 8.63. The standard InChI is InChI=1S/C51H93O12P/c1-3-5-7-9-11-13-15-17-19-20-21-22-23-24-25-26-27-28-30-32-34-36-38-40-45(52)62-44(42-60-41-39-37-35-33-31-29-18-16-14-12-10-8-6-4-2)43-61-64(58,59)63-51-49(56)47(54)46(53)48(55)50(51)57/h6,8,12,14,18,20-21,29,44,46-51,53-57H,3-5,7,9-11,13,15-17,19,22-28,30-43H2,1-2H3,(H,58,59)/b8-6-,14-12-,21-20-,29-18-. The van der Waals surface area contributed by atoms with Gasteiger partial charge in [0.05, 0.1) is 13.2 Å². The molecule has 1 saturated carbocycles. The molecular weight excluding hydrogens is 836 g/mol. The van der Waals surface area contributed by atoms with Gasteiger partial charge in [0.25, 0.3) is 0 Å². The summed E-state index contributed by atoms with van der Waals surface area (Å²) >= 11 is 0. The summed E-state index contributed by atoms with van der Waals surface area (Å²) in [5.41, 5.74) is 0. The lowest BCUT2D eigenvalue weighted by molar-refractivity contribution is -0.220. The Kier molecular flexibility index (Phi) is 39.1. The number of allylic oxidation sites excluding steroid dienone is 8. The zero-order chi connectivity index (χ0) is 46.9. The highest BCUT2D eigenvalue weighted by Crippen LogP contribution is 2.47. The maximum Gasteiger partial charge on any atom is 0.472 e. The summed E-state index contributed by atoms with van der Waals surface area (Å²) < 4.78 is 34.2. The zero-order valence-electron chi connectivity index (χ0n) is 40.1. The molecule has 12 nitrogen and oxygen atoms in total. The Balaban J connectivity index is 2.32. The molecule has 6 atom stereocenters. The number of esters is 1. The van der Waals surface area contributed by atoms with Crippen molar-refractivity contribution >= 4 is 13.8 Å². The van der Waals surface area contributed by atoms with E-state index in [2.05, 4.69) is 62.5 Å². The summed E-state index contributed by atoms with van der Waals surface area (Å²) in [6.45, 7) is 4.11. The number of hydrogen-bond acceptors (Lipinski definition) is 11. The van der Waals surface area contributed by atoms with Gasteiger partial charge in [0.1, 0.15) is 42.7 Å². The van der Waals surface area contributed by atoms with Gasteiger partial charge < -0.3 is 39.9 Å². The number of hydrogen-bond donors (Lipinski definition) is 6. The normalized spacial score (nSPS) is 22.1. The first-order chi connectivity index (χ1) is 31.0. The maximum absolute atomic E-state index is 12.8. The molecule has 0 radical (unpaired) electrons. The van der Waals surface area contributed by atoms with Crippen LogP contribution in [0.15, 0.2) is 48.6 Å². The molecule has 0 aliphatic heterocycles. The van der Waals surface area contributed by atoms with E-state index in [1.165, 1.54) is 109 Å². The number of carbonyl (C=O) groups is 1. The number of aliphatic hydroxyl groups is 5. The summed E-state index contributed by atoms with van der Waals surface area (Å²) in [5.74, 6) is -0.486. The number of unbranched alkanes of at least 4 members (excludes halogenated alkanes) is 23. The van der Waals surface area contributed by atoms with Crippen LogP contribution in [0.5, 0.6) is 0 Å². The van der Waals surface area contributed by atoms with Crippen LogP contribution in [0, 0.1) is 0 Å². The second-order valence-corrected chi connectivity index (χ2v) is 19.0. The Hall–Kier alpha value is -1.70. The maximum atomic E-state index is 12.8. The third kappa shape index (κ3) is 32.9. The largest absolute Gasteiger partial charge is 0.472 e. The molecule has 1 rings (SSSR count). The Morgan fingerprint density at radius 2 is 0.922 bits per heavy atom. The molecule has 64 heavy (non-hydrogen) atoms. The van der Waals surface area contributed by atoms with Gasteiger partial charge in [-0.05, 0) is 70.6 Å². The van der Waals surface area contributed by atoms with Crippen LogP contribution in [0.3, 0.4) is 0 Å². The molecule has 6 N–H and O–H groups in total. The van der Waals surface area contributed by atoms with E-state index < -0.39 is 63.1 Å². The SMILES string of the molecule is CC/C=C\C/C=C\C/C=C\CCCCCCOCC(COP(=O)(O)OC1C(O)C(O)C(O)C(O)C1O)OC(=O)CCCCCCCCCCCCC/C=C\CCCCCCCCCC. The molecule has 0 spiro atoms. The Morgan fingerprint density at radius 3 is 1.42 bits per heavy atom. The van der Waals surface area contributed by atoms with Gasteiger partial charge >= 0.3 is 13.8 Å². The lowest BCUT2D eigenvalue weighted by Crippen LogP contribution is -2.64. The van der Waals surface area contributed by atoms with Crippen LogP contribution in [0.25, 0.3) is 0 Å². The van der Waals surface area contributed by atoms with E-state index in [0.29, 0.717) is 13.0 Å². The Labute approximate surface area is 388 Å². The highest BCUT2D eigenvalue weighted by molar-refractivity contribution is 7.47. The number of phosphoric acid groups is 1. The molecule has 6 unspecified atom stereocenters. The zero-order valence-corrected chi connectivity index (χ0v) is 41.0. The van der Waals surface area contributed by atoms with Crippen molar-refractivity contribution in [2.45, 2.75) is 249 Å². The predicted octanol–water partition coefficient (Wildman–Crippen LogP) is 11.2. The molecule has 0 amide bonds. The third-order valence-corrected chi connectivity index (χ3v) is 12.7. The van der Waals surface area contributed by atoms with E-state index in [0.717, 1.165) is 70.6 Å². The molecular formula is C51H93O12P. The van der Waals surface area contributed by atoms with Gasteiger partial charge in [0, 0.05) is 13.0 Å². The van der Waals surface area contributed by atoms with Crippen LogP contribution in [-0.2, 0) is 27.9 Å². The van der Waals surface area contributed by atoms with Crippen LogP contribution >= 0.6 is 7.82 Å². The monoisotopic (exact) mass is 929 g/mol. The minimum Gasteiger partial charge on any atom is -0.457 e. The van der Waals surface area contributed by atoms with Crippen LogP contribution in [0.2, 0.25) is 0 Å². The van der Waals surface area contributed by atoms with Crippen molar-refractivity contribution in [3.8, 4) is 0 Å². The minimum atomic E-state index is -5.03. The molecule has 13 heteroatoms. The molecule has 1 fully saturated rings. The predicted molar refractivity (Wildman–Crippen MR) is 258 cm³/mol. The van der Waals surface area contributed by atoms with Gasteiger partial charge in [0.15, 0.2) is 0 Å². The van der Waals surface area contributed by atoms with Crippen molar-refractivity contribution < 1.29 is 58.3 Å². The average molecular weight is 929 g/mol. The highest BCUT2D eigenvalue weighted by atomic mass is 31.2. The summed E-state index contributed by atoms with van der Waals surface area (Å²) in [6, 6.07) is 0. The first-order valence-electron chi connectivity index (χ1n) is 25.5. The minimum absolute atomic E-state index is 0.0923. The fraction of sp³-hybridized carbons (Fsp3) is 0.824. The van der Waals surface area contributed by atoms with E-state index in [1.54, 1.807) is 0 Å². The van der Waals surface area contributed by atoms with Crippen LogP contribution < -0.4 is 0 Å². The number of phosphoric ester groups is 1. The summed E-state index contributed by atoms with van der Waals surface area (Å²) in [7, 11) is -5.03. The fourth-order valence-electron chi connectivity index (χ4n) is 7.66. The molecule has 1 aliphatic rings. The molecule has 0 bridgehead atoms. The second-order valence-electron chi connectivity index (χ2n) is 17.6. The van der Waals surface area contributed by atoms with Crippen molar-refractivity contribution in [3.63, 3.8) is 0 Å². The average Bonchev–Trinajstić information content (AvgIpc) is 3.28. The molecule has 374 valence electrons. The quantitative estimate of drug-likeness (QED) is 0.0147. The molecule has 1 aliphatic carbocycles. The van der Waals surface area contributed by atoms with Gasteiger partial charge in [-0.3, -0.25) is 13.8 Å². The lowest BCUT2D eigenvalue weighted by atomic mass is 9.85. The van der Waals surface area contributed by atoms with Crippen molar-refractivity contribution in [2.75, 3.05) is 19.8 Å². The van der Waals surface area contributed by atoms with Crippen molar-refractivity contribution in [3.05, 3.63) is 48.6 Å². The number of aliphatic hydroxyl groups excluding tert-OH is 5. The molecule has 0 aromatic heterocycles. The second kappa shape index (κ2) is 41.5.